The standard InChI is InChI=1S/C13H14O4/c1-15-10-3-4-12(16-2)11(7-10)13(14)9-5-6-17-8-9/h3-8,13-14H,1-2H3/t13-/m1/s1. The molecule has 0 amide bonds. The van der Waals surface area contributed by atoms with Gasteiger partial charge >= 0.3 is 0 Å². The zero-order valence-electron chi connectivity index (χ0n) is 9.71. The van der Waals surface area contributed by atoms with Gasteiger partial charge < -0.3 is 19.0 Å². The average molecular weight is 234 g/mol. The summed E-state index contributed by atoms with van der Waals surface area (Å²) in [4.78, 5) is 0. The number of benzene rings is 1. The molecular formula is C13H14O4. The molecule has 90 valence electrons. The molecule has 0 bridgehead atoms. The van der Waals surface area contributed by atoms with Gasteiger partial charge in [-0.15, -0.1) is 0 Å². The monoisotopic (exact) mass is 234 g/mol. The first-order valence-electron chi connectivity index (χ1n) is 5.18. The number of rotatable bonds is 4. The lowest BCUT2D eigenvalue weighted by Crippen LogP contribution is -2.01. The number of furan rings is 1. The second-order valence-corrected chi connectivity index (χ2v) is 3.57. The van der Waals surface area contributed by atoms with Crippen LogP contribution in [-0.2, 0) is 0 Å². The molecule has 2 aromatic rings. The van der Waals surface area contributed by atoms with Crippen LogP contribution in [0.2, 0.25) is 0 Å². The molecule has 0 spiro atoms. The quantitative estimate of drug-likeness (QED) is 0.882. The first-order chi connectivity index (χ1) is 8.26. The average Bonchev–Trinajstić information content (AvgIpc) is 2.91. The minimum atomic E-state index is -0.793. The van der Waals surface area contributed by atoms with Crippen LogP contribution >= 0.6 is 0 Å². The van der Waals surface area contributed by atoms with Crippen molar-refractivity contribution < 1.29 is 19.0 Å². The van der Waals surface area contributed by atoms with Crippen molar-refractivity contribution >= 4 is 0 Å². The van der Waals surface area contributed by atoms with Crippen LogP contribution in [0, 0.1) is 0 Å². The molecule has 0 saturated carbocycles. The van der Waals surface area contributed by atoms with Crippen molar-refractivity contribution in [1.29, 1.82) is 0 Å². The molecule has 0 aliphatic heterocycles. The van der Waals surface area contributed by atoms with Crippen LogP contribution in [0.1, 0.15) is 17.2 Å². The normalized spacial score (nSPS) is 12.2. The first kappa shape index (κ1) is 11.5. The zero-order chi connectivity index (χ0) is 12.3. The molecule has 0 fully saturated rings. The van der Waals surface area contributed by atoms with Gasteiger partial charge in [-0.1, -0.05) is 0 Å². The van der Waals surface area contributed by atoms with Crippen LogP contribution in [-0.4, -0.2) is 19.3 Å². The topological polar surface area (TPSA) is 51.8 Å². The van der Waals surface area contributed by atoms with Gasteiger partial charge in [0.25, 0.3) is 0 Å². The summed E-state index contributed by atoms with van der Waals surface area (Å²) in [6.07, 6.45) is 2.23. The minimum absolute atomic E-state index is 0.611. The van der Waals surface area contributed by atoms with Crippen LogP contribution in [0.3, 0.4) is 0 Å². The van der Waals surface area contributed by atoms with Crippen molar-refractivity contribution in [3.05, 3.63) is 47.9 Å². The smallest absolute Gasteiger partial charge is 0.125 e. The Morgan fingerprint density at radius 1 is 1.18 bits per heavy atom. The number of ether oxygens (including phenoxy) is 2. The molecule has 0 aliphatic rings. The molecule has 0 unspecified atom stereocenters. The van der Waals surface area contributed by atoms with E-state index in [1.807, 2.05) is 0 Å². The molecule has 4 nitrogen and oxygen atoms in total. The third kappa shape index (κ3) is 2.26. The van der Waals surface area contributed by atoms with Gasteiger partial charge in [0, 0.05) is 11.1 Å². The Morgan fingerprint density at radius 2 is 2.00 bits per heavy atom. The Labute approximate surface area is 99.4 Å². The van der Waals surface area contributed by atoms with Crippen LogP contribution in [0.4, 0.5) is 0 Å². The molecule has 2 rings (SSSR count). The Kier molecular flexibility index (Phi) is 3.35. The highest BCUT2D eigenvalue weighted by molar-refractivity contribution is 5.44. The molecule has 1 N–H and O–H groups in total. The van der Waals surface area contributed by atoms with Gasteiger partial charge in [0.1, 0.15) is 17.6 Å². The Bertz CT molecular complexity index is 476. The van der Waals surface area contributed by atoms with Crippen molar-refractivity contribution in [2.24, 2.45) is 0 Å². The fourth-order valence-corrected chi connectivity index (χ4v) is 1.66. The summed E-state index contributed by atoms with van der Waals surface area (Å²) in [7, 11) is 3.14. The van der Waals surface area contributed by atoms with Crippen molar-refractivity contribution in [3.63, 3.8) is 0 Å². The number of aliphatic hydroxyl groups is 1. The first-order valence-corrected chi connectivity index (χ1v) is 5.18. The van der Waals surface area contributed by atoms with E-state index in [0.717, 1.165) is 0 Å². The van der Waals surface area contributed by atoms with Crippen LogP contribution < -0.4 is 9.47 Å². The predicted octanol–water partition coefficient (Wildman–Crippen LogP) is 2.38. The van der Waals surface area contributed by atoms with Crippen molar-refractivity contribution in [1.82, 2.24) is 0 Å². The third-order valence-corrected chi connectivity index (χ3v) is 2.59. The maximum Gasteiger partial charge on any atom is 0.125 e. The molecule has 1 aromatic carbocycles. The van der Waals surface area contributed by atoms with E-state index in [4.69, 9.17) is 13.9 Å². The second kappa shape index (κ2) is 4.93. The van der Waals surface area contributed by atoms with Gasteiger partial charge in [0.2, 0.25) is 0 Å². The van der Waals surface area contributed by atoms with Crippen LogP contribution in [0.25, 0.3) is 0 Å². The summed E-state index contributed by atoms with van der Waals surface area (Å²) in [5.74, 6) is 1.28. The lowest BCUT2D eigenvalue weighted by Gasteiger charge is -2.14. The Hall–Kier alpha value is -1.94. The molecular weight excluding hydrogens is 220 g/mol. The molecule has 0 saturated heterocycles. The fourth-order valence-electron chi connectivity index (χ4n) is 1.66. The Balaban J connectivity index is 2.41. The van der Waals surface area contributed by atoms with Crippen molar-refractivity contribution in [2.45, 2.75) is 6.10 Å². The Morgan fingerprint density at radius 3 is 2.59 bits per heavy atom. The van der Waals surface area contributed by atoms with Crippen molar-refractivity contribution in [3.8, 4) is 11.5 Å². The SMILES string of the molecule is COc1ccc(OC)c([C@H](O)c2ccoc2)c1. The summed E-state index contributed by atoms with van der Waals surface area (Å²) < 4.78 is 15.3. The van der Waals surface area contributed by atoms with Gasteiger partial charge in [0.05, 0.1) is 26.7 Å². The zero-order valence-corrected chi connectivity index (χ0v) is 9.71. The van der Waals surface area contributed by atoms with E-state index in [1.54, 1.807) is 38.5 Å². The van der Waals surface area contributed by atoms with E-state index in [0.29, 0.717) is 22.6 Å². The van der Waals surface area contributed by atoms with Crippen LogP contribution in [0.15, 0.2) is 41.2 Å². The number of aliphatic hydroxyl groups excluding tert-OH is 1. The molecule has 1 atom stereocenters. The lowest BCUT2D eigenvalue weighted by molar-refractivity contribution is 0.213. The number of methoxy groups -OCH3 is 2. The van der Waals surface area contributed by atoms with Crippen molar-refractivity contribution in [2.75, 3.05) is 14.2 Å². The van der Waals surface area contributed by atoms with Gasteiger partial charge in [-0.2, -0.15) is 0 Å². The maximum atomic E-state index is 10.2. The molecule has 17 heavy (non-hydrogen) atoms. The van der Waals surface area contributed by atoms with E-state index in [-0.39, 0.29) is 0 Å². The molecule has 0 aliphatic carbocycles. The van der Waals surface area contributed by atoms with E-state index in [2.05, 4.69) is 0 Å². The molecule has 1 aromatic heterocycles. The minimum Gasteiger partial charge on any atom is -0.497 e. The third-order valence-electron chi connectivity index (χ3n) is 2.59. The van der Waals surface area contributed by atoms with Gasteiger partial charge in [-0.05, 0) is 24.3 Å². The highest BCUT2D eigenvalue weighted by Crippen LogP contribution is 2.33. The van der Waals surface area contributed by atoms with Gasteiger partial charge in [0.15, 0.2) is 0 Å². The van der Waals surface area contributed by atoms with E-state index >= 15 is 0 Å². The van der Waals surface area contributed by atoms with Crippen LogP contribution in [0.5, 0.6) is 11.5 Å². The summed E-state index contributed by atoms with van der Waals surface area (Å²) in [5.41, 5.74) is 1.32. The second-order valence-electron chi connectivity index (χ2n) is 3.57. The number of hydrogen-bond acceptors (Lipinski definition) is 4. The van der Waals surface area contributed by atoms with E-state index in [9.17, 15) is 5.11 Å². The summed E-state index contributed by atoms with van der Waals surface area (Å²) in [6.45, 7) is 0. The summed E-state index contributed by atoms with van der Waals surface area (Å²) in [6, 6.07) is 7.00. The largest absolute Gasteiger partial charge is 0.497 e. The maximum absolute atomic E-state index is 10.2. The summed E-state index contributed by atoms with van der Waals surface area (Å²) >= 11 is 0. The van der Waals surface area contributed by atoms with E-state index < -0.39 is 6.10 Å². The predicted molar refractivity (Wildman–Crippen MR) is 62.3 cm³/mol. The summed E-state index contributed by atoms with van der Waals surface area (Å²) in [5, 5.41) is 10.2. The highest BCUT2D eigenvalue weighted by Gasteiger charge is 2.17. The van der Waals surface area contributed by atoms with Gasteiger partial charge in [-0.25, -0.2) is 0 Å². The fraction of sp³-hybridized carbons (Fsp3) is 0.231. The highest BCUT2D eigenvalue weighted by atomic mass is 16.5. The van der Waals surface area contributed by atoms with E-state index in [1.165, 1.54) is 12.5 Å². The molecule has 0 radical (unpaired) electrons. The number of hydrogen-bond donors (Lipinski definition) is 1. The van der Waals surface area contributed by atoms with Gasteiger partial charge in [-0.3, -0.25) is 0 Å². The lowest BCUT2D eigenvalue weighted by atomic mass is 10.0. The molecule has 4 heteroatoms. The molecule has 1 heterocycles.